The molecule has 0 aliphatic carbocycles. The number of hydrogen-bond donors (Lipinski definition) is 0. The van der Waals surface area contributed by atoms with Crippen LogP contribution in [-0.2, 0) is 6.42 Å². The van der Waals surface area contributed by atoms with Crippen molar-refractivity contribution in [2.45, 2.75) is 48.0 Å². The van der Waals surface area contributed by atoms with Gasteiger partial charge in [0.2, 0.25) is 0 Å². The summed E-state index contributed by atoms with van der Waals surface area (Å²) < 4.78 is 1.39. The lowest BCUT2D eigenvalue weighted by Gasteiger charge is -2.11. The van der Waals surface area contributed by atoms with Crippen molar-refractivity contribution < 1.29 is 0 Å². The van der Waals surface area contributed by atoms with Crippen LogP contribution in [0.1, 0.15) is 41.0 Å². The van der Waals surface area contributed by atoms with Crippen molar-refractivity contribution >= 4 is 32.3 Å². The minimum absolute atomic E-state index is 0.658. The molecule has 0 atom stereocenters. The lowest BCUT2D eigenvalue weighted by Crippen LogP contribution is -1.92. The second-order valence-electron chi connectivity index (χ2n) is 8.37. The first-order valence-electron chi connectivity index (χ1n) is 9.74. The number of nitrogens with zero attached hydrogens (tertiary/aromatic N) is 1. The first kappa shape index (κ1) is 18.2. The van der Waals surface area contributed by atoms with Crippen molar-refractivity contribution in [3.8, 4) is 11.3 Å². The molecular weight excluding hydrogens is 346 g/mol. The van der Waals surface area contributed by atoms with Crippen molar-refractivity contribution in [3.63, 3.8) is 0 Å². The highest BCUT2D eigenvalue weighted by Crippen LogP contribution is 2.40. The SMILES string of the molecule is Cc1cc(C)cc(-c2nc3cc(C)cc(C)c3c3sc(CC(C)C)cc23)c1. The quantitative estimate of drug-likeness (QED) is 0.361. The van der Waals surface area contributed by atoms with E-state index in [-0.39, 0.29) is 0 Å². The Morgan fingerprint density at radius 3 is 2.19 bits per heavy atom. The normalized spacial score (nSPS) is 11.8. The van der Waals surface area contributed by atoms with E-state index in [0.717, 1.165) is 17.6 Å². The Kier molecular flexibility index (Phi) is 4.55. The van der Waals surface area contributed by atoms with E-state index in [1.54, 1.807) is 0 Å². The lowest BCUT2D eigenvalue weighted by molar-refractivity contribution is 0.654. The van der Waals surface area contributed by atoms with Gasteiger partial charge in [-0.2, -0.15) is 0 Å². The fourth-order valence-electron chi connectivity index (χ4n) is 4.15. The third-order valence-electron chi connectivity index (χ3n) is 5.06. The Bertz CT molecular complexity index is 1140. The average molecular weight is 374 g/mol. The van der Waals surface area contributed by atoms with Gasteiger partial charge in [-0.1, -0.05) is 37.1 Å². The minimum Gasteiger partial charge on any atom is -0.247 e. The number of aryl methyl sites for hydroxylation is 4. The number of hydrogen-bond acceptors (Lipinski definition) is 2. The van der Waals surface area contributed by atoms with Crippen LogP contribution in [0, 0.1) is 33.6 Å². The van der Waals surface area contributed by atoms with Crippen LogP contribution < -0.4 is 0 Å². The summed E-state index contributed by atoms with van der Waals surface area (Å²) in [6.07, 6.45) is 1.12. The van der Waals surface area contributed by atoms with Crippen LogP contribution >= 0.6 is 11.3 Å². The number of benzene rings is 2. The van der Waals surface area contributed by atoms with Crippen molar-refractivity contribution in [3.05, 3.63) is 63.5 Å². The van der Waals surface area contributed by atoms with Gasteiger partial charge >= 0.3 is 0 Å². The van der Waals surface area contributed by atoms with Gasteiger partial charge in [0.05, 0.1) is 11.2 Å². The minimum atomic E-state index is 0.658. The fraction of sp³-hybridized carbons (Fsp3) is 0.320. The Labute approximate surface area is 166 Å². The van der Waals surface area contributed by atoms with Gasteiger partial charge in [-0.3, -0.25) is 0 Å². The van der Waals surface area contributed by atoms with E-state index in [9.17, 15) is 0 Å². The monoisotopic (exact) mass is 373 g/mol. The van der Waals surface area contributed by atoms with Crippen LogP contribution in [-0.4, -0.2) is 4.98 Å². The number of thiophene rings is 1. The zero-order valence-corrected chi connectivity index (χ0v) is 17.9. The molecule has 0 saturated carbocycles. The molecule has 2 aromatic carbocycles. The summed E-state index contributed by atoms with van der Waals surface area (Å²) in [4.78, 5) is 6.63. The zero-order valence-electron chi connectivity index (χ0n) is 17.1. The van der Waals surface area contributed by atoms with Gasteiger partial charge in [-0.15, -0.1) is 11.3 Å². The molecule has 0 unspecified atom stereocenters. The second-order valence-corrected chi connectivity index (χ2v) is 9.50. The van der Waals surface area contributed by atoms with Crippen molar-refractivity contribution in [1.29, 1.82) is 0 Å². The summed E-state index contributed by atoms with van der Waals surface area (Å²) in [5, 5.41) is 2.63. The molecule has 138 valence electrons. The third kappa shape index (κ3) is 3.39. The molecule has 4 rings (SSSR count). The van der Waals surface area contributed by atoms with E-state index in [1.165, 1.54) is 48.2 Å². The van der Waals surface area contributed by atoms with E-state index in [2.05, 4.69) is 77.9 Å². The number of pyridine rings is 1. The maximum Gasteiger partial charge on any atom is 0.0796 e. The molecule has 0 saturated heterocycles. The van der Waals surface area contributed by atoms with E-state index in [0.29, 0.717) is 5.92 Å². The maximum atomic E-state index is 5.18. The molecule has 0 bridgehead atoms. The predicted molar refractivity (Wildman–Crippen MR) is 120 cm³/mol. The molecule has 0 N–H and O–H groups in total. The summed E-state index contributed by atoms with van der Waals surface area (Å²) in [6, 6.07) is 13.7. The molecule has 0 aliphatic rings. The second kappa shape index (κ2) is 6.76. The Morgan fingerprint density at radius 1 is 0.852 bits per heavy atom. The molecule has 2 heteroatoms. The first-order chi connectivity index (χ1) is 12.8. The largest absolute Gasteiger partial charge is 0.247 e. The molecular formula is C25H27NS. The standard InChI is InChI=1S/C25H27NS/c1-14(2)7-20-13-21-24(19-10-15(3)8-16(4)11-19)26-22-12-17(5)9-18(6)23(22)25(21)27-20/h8-14H,7H2,1-6H3. The van der Waals surface area contributed by atoms with Crippen LogP contribution in [0.2, 0.25) is 0 Å². The molecule has 2 heterocycles. The summed E-state index contributed by atoms with van der Waals surface area (Å²) in [7, 11) is 0. The van der Waals surface area contributed by atoms with Gasteiger partial charge in [0, 0.05) is 25.9 Å². The third-order valence-corrected chi connectivity index (χ3v) is 6.24. The van der Waals surface area contributed by atoms with Gasteiger partial charge in [0.25, 0.3) is 0 Å². The highest BCUT2D eigenvalue weighted by atomic mass is 32.1. The van der Waals surface area contributed by atoms with Gasteiger partial charge < -0.3 is 0 Å². The van der Waals surface area contributed by atoms with Crippen LogP contribution in [0.5, 0.6) is 0 Å². The molecule has 0 amide bonds. The zero-order chi connectivity index (χ0) is 19.3. The number of aromatic nitrogens is 1. The van der Waals surface area contributed by atoms with Gasteiger partial charge in [0.15, 0.2) is 0 Å². The average Bonchev–Trinajstić information content (AvgIpc) is 2.94. The van der Waals surface area contributed by atoms with Crippen molar-refractivity contribution in [1.82, 2.24) is 4.98 Å². The smallest absolute Gasteiger partial charge is 0.0796 e. The number of rotatable bonds is 3. The van der Waals surface area contributed by atoms with E-state index in [4.69, 9.17) is 4.98 Å². The Balaban J connectivity index is 2.11. The molecule has 0 fully saturated rings. The van der Waals surface area contributed by atoms with Gasteiger partial charge in [-0.25, -0.2) is 4.98 Å². The van der Waals surface area contributed by atoms with E-state index >= 15 is 0 Å². The van der Waals surface area contributed by atoms with Crippen molar-refractivity contribution in [2.75, 3.05) is 0 Å². The van der Waals surface area contributed by atoms with Crippen LogP contribution in [0.15, 0.2) is 36.4 Å². The molecule has 0 radical (unpaired) electrons. The fourth-order valence-corrected chi connectivity index (χ4v) is 5.64. The lowest BCUT2D eigenvalue weighted by atomic mass is 9.99. The summed E-state index contributed by atoms with van der Waals surface area (Å²) in [5.74, 6) is 0.658. The van der Waals surface area contributed by atoms with E-state index in [1.807, 2.05) is 11.3 Å². The van der Waals surface area contributed by atoms with Gasteiger partial charge in [-0.05, 0) is 75.4 Å². The summed E-state index contributed by atoms with van der Waals surface area (Å²) >= 11 is 1.95. The summed E-state index contributed by atoms with van der Waals surface area (Å²) in [5.41, 5.74) is 8.65. The van der Waals surface area contributed by atoms with Crippen LogP contribution in [0.25, 0.3) is 32.2 Å². The summed E-state index contributed by atoms with van der Waals surface area (Å²) in [6.45, 7) is 13.3. The highest BCUT2D eigenvalue weighted by molar-refractivity contribution is 7.20. The first-order valence-corrected chi connectivity index (χ1v) is 10.6. The van der Waals surface area contributed by atoms with E-state index < -0.39 is 0 Å². The predicted octanol–water partition coefficient (Wildman–Crippen LogP) is 7.55. The molecule has 27 heavy (non-hydrogen) atoms. The Morgan fingerprint density at radius 2 is 1.52 bits per heavy atom. The molecule has 4 aromatic rings. The molecule has 0 spiro atoms. The molecule has 0 aliphatic heterocycles. The number of fused-ring (bicyclic) bond motifs is 3. The van der Waals surface area contributed by atoms with Crippen LogP contribution in [0.3, 0.4) is 0 Å². The van der Waals surface area contributed by atoms with Crippen LogP contribution in [0.4, 0.5) is 0 Å². The Hall–Kier alpha value is -2.19. The highest BCUT2D eigenvalue weighted by Gasteiger charge is 2.16. The molecule has 1 nitrogen and oxygen atoms in total. The topological polar surface area (TPSA) is 12.9 Å². The maximum absolute atomic E-state index is 5.18. The van der Waals surface area contributed by atoms with Crippen molar-refractivity contribution in [2.24, 2.45) is 5.92 Å². The molecule has 2 aromatic heterocycles. The van der Waals surface area contributed by atoms with Gasteiger partial charge in [0.1, 0.15) is 0 Å².